The first-order valence-corrected chi connectivity index (χ1v) is 9.06. The van der Waals surface area contributed by atoms with Crippen molar-refractivity contribution in [3.63, 3.8) is 0 Å². The second-order valence-electron chi connectivity index (χ2n) is 5.03. The van der Waals surface area contributed by atoms with Crippen LogP contribution in [0.4, 0.5) is 0 Å². The van der Waals surface area contributed by atoms with E-state index in [0.717, 1.165) is 37.1 Å². The molecule has 1 atom stereocenters. The highest BCUT2D eigenvalue weighted by Gasteiger charge is 2.31. The average molecular weight is 302 g/mol. The van der Waals surface area contributed by atoms with Gasteiger partial charge in [0.1, 0.15) is 4.21 Å². The number of hydrogen-bond donors (Lipinski definition) is 1. The van der Waals surface area contributed by atoms with Gasteiger partial charge in [0.05, 0.1) is 0 Å². The lowest BCUT2D eigenvalue weighted by atomic mass is 10.1. The number of rotatable bonds is 5. The van der Waals surface area contributed by atoms with Crippen LogP contribution in [0, 0.1) is 0 Å². The molecular formula is C13H22N2O2S2. The third-order valence-corrected chi connectivity index (χ3v) is 7.19. The topological polar surface area (TPSA) is 49.4 Å². The van der Waals surface area contributed by atoms with Crippen LogP contribution in [0.5, 0.6) is 0 Å². The van der Waals surface area contributed by atoms with Gasteiger partial charge in [-0.05, 0) is 51.9 Å². The van der Waals surface area contributed by atoms with Crippen LogP contribution in [0.1, 0.15) is 31.1 Å². The molecule has 0 radical (unpaired) electrons. The van der Waals surface area contributed by atoms with Gasteiger partial charge in [0.2, 0.25) is 0 Å². The Morgan fingerprint density at radius 1 is 1.42 bits per heavy atom. The summed E-state index contributed by atoms with van der Waals surface area (Å²) < 4.78 is 27.4. The van der Waals surface area contributed by atoms with Crippen molar-refractivity contribution in [2.24, 2.45) is 0 Å². The molecule has 1 aromatic rings. The number of piperidine rings is 1. The minimum Gasteiger partial charge on any atom is -0.319 e. The van der Waals surface area contributed by atoms with Crippen molar-refractivity contribution in [1.29, 1.82) is 0 Å². The van der Waals surface area contributed by atoms with Gasteiger partial charge in [0.15, 0.2) is 0 Å². The zero-order chi connectivity index (χ0) is 13.9. The van der Waals surface area contributed by atoms with E-state index in [-0.39, 0.29) is 6.04 Å². The summed E-state index contributed by atoms with van der Waals surface area (Å²) in [5, 5.41) is 3.08. The highest BCUT2D eigenvalue weighted by molar-refractivity contribution is 7.91. The molecule has 1 unspecified atom stereocenters. The number of thiophene rings is 1. The first kappa shape index (κ1) is 15.0. The van der Waals surface area contributed by atoms with E-state index < -0.39 is 10.0 Å². The van der Waals surface area contributed by atoms with Crippen LogP contribution in [-0.2, 0) is 16.4 Å². The van der Waals surface area contributed by atoms with Crippen LogP contribution in [0.2, 0.25) is 0 Å². The maximum atomic E-state index is 12.6. The molecule has 4 nitrogen and oxygen atoms in total. The molecule has 1 aliphatic heterocycles. The van der Waals surface area contributed by atoms with Gasteiger partial charge in [-0.1, -0.05) is 6.42 Å². The zero-order valence-electron chi connectivity index (χ0n) is 11.6. The van der Waals surface area contributed by atoms with Gasteiger partial charge in [-0.2, -0.15) is 4.31 Å². The fraction of sp³-hybridized carbons (Fsp3) is 0.692. The van der Waals surface area contributed by atoms with E-state index in [1.807, 2.05) is 20.0 Å². The predicted octanol–water partition coefficient (Wildman–Crippen LogP) is 2.07. The number of hydrogen-bond acceptors (Lipinski definition) is 4. The maximum absolute atomic E-state index is 12.6. The van der Waals surface area contributed by atoms with Crippen molar-refractivity contribution >= 4 is 21.4 Å². The summed E-state index contributed by atoms with van der Waals surface area (Å²) in [6, 6.07) is 3.82. The molecule has 1 aromatic heterocycles. The van der Waals surface area contributed by atoms with Gasteiger partial charge in [-0.15, -0.1) is 11.3 Å². The molecule has 0 aliphatic carbocycles. The third-order valence-electron chi connectivity index (χ3n) is 3.56. The average Bonchev–Trinajstić information content (AvgIpc) is 2.86. The summed E-state index contributed by atoms with van der Waals surface area (Å²) in [5.74, 6) is 0. The van der Waals surface area contributed by atoms with Gasteiger partial charge < -0.3 is 5.32 Å². The van der Waals surface area contributed by atoms with Gasteiger partial charge in [-0.3, -0.25) is 0 Å². The minimum absolute atomic E-state index is 0.126. The fourth-order valence-corrected chi connectivity index (χ4v) is 5.61. The molecule has 108 valence electrons. The summed E-state index contributed by atoms with van der Waals surface area (Å²) >= 11 is 1.41. The summed E-state index contributed by atoms with van der Waals surface area (Å²) in [4.78, 5) is 1.12. The molecule has 19 heavy (non-hydrogen) atoms. The molecule has 2 heterocycles. The summed E-state index contributed by atoms with van der Waals surface area (Å²) in [5.41, 5.74) is 0. The second kappa shape index (κ2) is 6.35. The molecule has 0 amide bonds. The first-order chi connectivity index (χ1) is 9.05. The number of nitrogens with zero attached hydrogens (tertiary/aromatic N) is 1. The van der Waals surface area contributed by atoms with E-state index >= 15 is 0 Å². The van der Waals surface area contributed by atoms with Crippen molar-refractivity contribution in [1.82, 2.24) is 9.62 Å². The Hall–Kier alpha value is -0.430. The van der Waals surface area contributed by atoms with Crippen LogP contribution in [0.3, 0.4) is 0 Å². The molecule has 0 bridgehead atoms. The van der Waals surface area contributed by atoms with E-state index in [0.29, 0.717) is 10.8 Å². The van der Waals surface area contributed by atoms with Gasteiger partial charge >= 0.3 is 0 Å². The Labute approximate surface area is 119 Å². The lowest BCUT2D eigenvalue weighted by molar-refractivity contribution is 0.269. The molecule has 0 spiro atoms. The normalized spacial score (nSPS) is 21.7. The van der Waals surface area contributed by atoms with Crippen LogP contribution >= 0.6 is 11.3 Å². The van der Waals surface area contributed by atoms with E-state index in [4.69, 9.17) is 0 Å². The van der Waals surface area contributed by atoms with Gasteiger partial charge in [0.25, 0.3) is 10.0 Å². The van der Waals surface area contributed by atoms with Crippen molar-refractivity contribution in [2.45, 2.75) is 42.9 Å². The lowest BCUT2D eigenvalue weighted by Crippen LogP contribution is -2.41. The predicted molar refractivity (Wildman–Crippen MR) is 79.2 cm³/mol. The van der Waals surface area contributed by atoms with Crippen molar-refractivity contribution < 1.29 is 8.42 Å². The lowest BCUT2D eigenvalue weighted by Gasteiger charge is -2.31. The molecule has 0 aromatic carbocycles. The zero-order valence-corrected chi connectivity index (χ0v) is 13.2. The molecule has 0 saturated carbocycles. The van der Waals surface area contributed by atoms with E-state index in [2.05, 4.69) is 5.32 Å². The molecule has 1 N–H and O–H groups in total. The SMILES string of the molecule is CNCCc1ccc(S(=O)(=O)N2CCCCC2C)s1. The molecule has 1 fully saturated rings. The number of sulfonamides is 1. The number of nitrogens with one attached hydrogen (secondary N) is 1. The monoisotopic (exact) mass is 302 g/mol. The fourth-order valence-electron chi connectivity index (χ4n) is 2.42. The van der Waals surface area contributed by atoms with Gasteiger partial charge in [0, 0.05) is 17.5 Å². The molecule has 2 rings (SSSR count). The highest BCUT2D eigenvalue weighted by Crippen LogP contribution is 2.29. The van der Waals surface area contributed by atoms with Crippen LogP contribution < -0.4 is 5.32 Å². The first-order valence-electron chi connectivity index (χ1n) is 6.81. The quantitative estimate of drug-likeness (QED) is 0.906. The summed E-state index contributed by atoms with van der Waals surface area (Å²) in [6.07, 6.45) is 3.95. The molecule has 1 aliphatic rings. The standard InChI is InChI=1S/C13H22N2O2S2/c1-11-5-3-4-10-15(11)19(16,17)13-7-6-12(18-13)8-9-14-2/h6-7,11,14H,3-5,8-10H2,1-2H3. The van der Waals surface area contributed by atoms with Crippen LogP contribution in [0.25, 0.3) is 0 Å². The minimum atomic E-state index is -3.28. The van der Waals surface area contributed by atoms with Crippen molar-refractivity contribution in [3.05, 3.63) is 17.0 Å². The Balaban J connectivity index is 2.16. The Morgan fingerprint density at radius 2 is 2.21 bits per heavy atom. The maximum Gasteiger partial charge on any atom is 0.252 e. The Bertz CT molecular complexity index is 510. The largest absolute Gasteiger partial charge is 0.319 e. The smallest absolute Gasteiger partial charge is 0.252 e. The Morgan fingerprint density at radius 3 is 2.89 bits per heavy atom. The van der Waals surface area contributed by atoms with E-state index in [9.17, 15) is 8.42 Å². The summed E-state index contributed by atoms with van der Waals surface area (Å²) in [6.45, 7) is 3.54. The molecule has 6 heteroatoms. The third kappa shape index (κ3) is 3.37. The van der Waals surface area contributed by atoms with Gasteiger partial charge in [-0.25, -0.2) is 8.42 Å². The second-order valence-corrected chi connectivity index (χ2v) is 8.32. The van der Waals surface area contributed by atoms with Crippen molar-refractivity contribution in [2.75, 3.05) is 20.1 Å². The van der Waals surface area contributed by atoms with E-state index in [1.54, 1.807) is 10.4 Å². The highest BCUT2D eigenvalue weighted by atomic mass is 32.2. The van der Waals surface area contributed by atoms with Crippen LogP contribution in [0.15, 0.2) is 16.3 Å². The van der Waals surface area contributed by atoms with Crippen LogP contribution in [-0.4, -0.2) is 38.9 Å². The number of likely N-dealkylation sites (N-methyl/N-ethyl adjacent to an activating group) is 1. The molecule has 1 saturated heterocycles. The molecular weight excluding hydrogens is 280 g/mol. The summed E-state index contributed by atoms with van der Waals surface area (Å²) in [7, 11) is -1.38. The Kier molecular flexibility index (Phi) is 5.00. The van der Waals surface area contributed by atoms with E-state index in [1.165, 1.54) is 11.3 Å². The van der Waals surface area contributed by atoms with Crippen molar-refractivity contribution in [3.8, 4) is 0 Å².